The number of nitrogens with zero attached hydrogens (tertiary/aromatic N) is 5. The fourth-order valence-electron chi connectivity index (χ4n) is 4.26. The zero-order chi connectivity index (χ0) is 22.9. The van der Waals surface area contributed by atoms with Crippen molar-refractivity contribution in [3.63, 3.8) is 0 Å². The third-order valence-corrected chi connectivity index (χ3v) is 5.79. The van der Waals surface area contributed by atoms with Gasteiger partial charge in [0.15, 0.2) is 0 Å². The highest BCUT2D eigenvalue weighted by molar-refractivity contribution is 5.92. The van der Waals surface area contributed by atoms with Gasteiger partial charge >= 0.3 is 0 Å². The first-order valence-electron chi connectivity index (χ1n) is 11.2. The molecule has 1 aromatic carbocycles. The van der Waals surface area contributed by atoms with Gasteiger partial charge in [0, 0.05) is 31.6 Å². The summed E-state index contributed by atoms with van der Waals surface area (Å²) in [7, 11) is 4.00. The Kier molecular flexibility index (Phi) is 5.60. The van der Waals surface area contributed by atoms with Crippen LogP contribution in [-0.4, -0.2) is 56.2 Å². The number of likely N-dealkylation sites (N-methyl/N-ethyl adjacent to an activating group) is 1. The van der Waals surface area contributed by atoms with Crippen LogP contribution < -0.4 is 9.47 Å². The van der Waals surface area contributed by atoms with Crippen LogP contribution in [0.5, 0.6) is 11.8 Å². The number of ether oxygens (including phenoxy) is 2. The molecule has 4 heterocycles. The molecule has 1 N–H and O–H groups in total. The topological polar surface area (TPSA) is 81.1 Å². The van der Waals surface area contributed by atoms with Gasteiger partial charge in [-0.15, -0.1) is 0 Å². The van der Waals surface area contributed by atoms with E-state index < -0.39 is 0 Å². The Morgan fingerprint density at radius 2 is 2.06 bits per heavy atom. The lowest BCUT2D eigenvalue weighted by atomic mass is 10.1. The molecule has 3 aromatic heterocycles. The first-order valence-corrected chi connectivity index (χ1v) is 11.2. The van der Waals surface area contributed by atoms with Crippen molar-refractivity contribution < 1.29 is 9.47 Å². The Balaban J connectivity index is 1.66. The van der Waals surface area contributed by atoms with Gasteiger partial charge in [0.1, 0.15) is 6.10 Å². The molecule has 0 radical (unpaired) electrons. The van der Waals surface area contributed by atoms with Crippen molar-refractivity contribution in [3.8, 4) is 22.9 Å². The van der Waals surface area contributed by atoms with E-state index in [0.29, 0.717) is 12.5 Å². The number of aryl methyl sites for hydroxylation is 1. The molecular formula is C25H28N6O2. The van der Waals surface area contributed by atoms with E-state index in [9.17, 15) is 0 Å². The summed E-state index contributed by atoms with van der Waals surface area (Å²) in [6.07, 6.45) is 5.89. The fraction of sp³-hybridized carbons (Fsp3) is 0.320. The quantitative estimate of drug-likeness (QED) is 0.501. The maximum Gasteiger partial charge on any atom is 0.219 e. The van der Waals surface area contributed by atoms with E-state index in [2.05, 4.69) is 52.4 Å². The van der Waals surface area contributed by atoms with Crippen LogP contribution in [0.25, 0.3) is 34.2 Å². The highest BCUT2D eigenvalue weighted by Gasteiger charge is 2.19. The summed E-state index contributed by atoms with van der Waals surface area (Å²) in [5.74, 6) is 1.38. The van der Waals surface area contributed by atoms with Crippen LogP contribution in [0.1, 0.15) is 30.8 Å². The number of hydrogen-bond acceptors (Lipinski definition) is 6. The predicted molar refractivity (Wildman–Crippen MR) is 129 cm³/mol. The van der Waals surface area contributed by atoms with E-state index >= 15 is 0 Å². The van der Waals surface area contributed by atoms with Gasteiger partial charge in [0.25, 0.3) is 0 Å². The fourth-order valence-corrected chi connectivity index (χ4v) is 4.26. The van der Waals surface area contributed by atoms with Crippen molar-refractivity contribution >= 4 is 23.1 Å². The van der Waals surface area contributed by atoms with E-state index in [-0.39, 0.29) is 6.10 Å². The number of aromatic nitrogens is 5. The highest BCUT2D eigenvalue weighted by atomic mass is 16.5. The van der Waals surface area contributed by atoms with E-state index in [1.165, 1.54) is 0 Å². The summed E-state index contributed by atoms with van der Waals surface area (Å²) in [5.41, 5.74) is 5.82. The minimum absolute atomic E-state index is 0.0304. The third-order valence-electron chi connectivity index (χ3n) is 5.79. The number of fused-ring (bicyclic) bond motifs is 4. The zero-order valence-electron chi connectivity index (χ0n) is 19.4. The average molecular weight is 445 g/mol. The molecular weight excluding hydrogens is 416 g/mol. The predicted octanol–water partition coefficient (Wildman–Crippen LogP) is 4.14. The summed E-state index contributed by atoms with van der Waals surface area (Å²) in [6.45, 7) is 6.11. The third kappa shape index (κ3) is 4.21. The molecule has 8 heteroatoms. The standard InChI is InChI=1S/C25H28N6O2/c1-5-32-24-11-7-18-15-30(3)14-16(2)33-25-20(13-26-31(25)4)17-6-8-22-19(12-17)23(29-28-22)10-9-21(18)27-24/h6-13,16H,5,14-15H2,1-4H3,(H,28,29)/b10-9+/t16-/m0/s1. The highest BCUT2D eigenvalue weighted by Crippen LogP contribution is 2.33. The van der Waals surface area contributed by atoms with Gasteiger partial charge < -0.3 is 9.47 Å². The van der Waals surface area contributed by atoms with Crippen LogP contribution in [0, 0.1) is 0 Å². The second-order valence-corrected chi connectivity index (χ2v) is 8.44. The molecule has 2 bridgehead atoms. The van der Waals surface area contributed by atoms with Gasteiger partial charge in [-0.3, -0.25) is 10.00 Å². The van der Waals surface area contributed by atoms with Gasteiger partial charge in [-0.1, -0.05) is 12.1 Å². The lowest BCUT2D eigenvalue weighted by molar-refractivity contribution is 0.148. The summed E-state index contributed by atoms with van der Waals surface area (Å²) in [6, 6.07) is 10.2. The molecule has 0 aliphatic carbocycles. The van der Waals surface area contributed by atoms with Crippen LogP contribution in [0.3, 0.4) is 0 Å². The van der Waals surface area contributed by atoms with Crippen molar-refractivity contribution in [1.82, 2.24) is 29.9 Å². The monoisotopic (exact) mass is 444 g/mol. The van der Waals surface area contributed by atoms with Crippen LogP contribution in [0.15, 0.2) is 36.5 Å². The van der Waals surface area contributed by atoms with Crippen LogP contribution in [0.4, 0.5) is 0 Å². The largest absolute Gasteiger partial charge is 0.478 e. The molecule has 5 rings (SSSR count). The SMILES string of the molecule is CCOc1ccc2c(n1)/C=C/c1[nH]nc3ccc(cc13)-c1cnn(C)c1O[C@@H](C)CN(C)C2. The van der Waals surface area contributed by atoms with Gasteiger partial charge in [-0.05, 0) is 56.3 Å². The number of benzene rings is 1. The van der Waals surface area contributed by atoms with E-state index in [0.717, 1.165) is 58.0 Å². The van der Waals surface area contributed by atoms with Crippen LogP contribution in [0.2, 0.25) is 0 Å². The molecule has 1 aliphatic heterocycles. The smallest absolute Gasteiger partial charge is 0.219 e. The van der Waals surface area contributed by atoms with Gasteiger partial charge in [0.05, 0.1) is 35.3 Å². The Labute approximate surface area is 192 Å². The van der Waals surface area contributed by atoms with E-state index in [4.69, 9.17) is 14.5 Å². The molecule has 0 amide bonds. The number of rotatable bonds is 2. The van der Waals surface area contributed by atoms with Gasteiger partial charge in [-0.2, -0.15) is 10.2 Å². The number of nitrogens with one attached hydrogen (secondary N) is 1. The molecule has 0 saturated heterocycles. The van der Waals surface area contributed by atoms with Gasteiger partial charge in [0.2, 0.25) is 11.8 Å². The zero-order valence-corrected chi connectivity index (χ0v) is 19.4. The van der Waals surface area contributed by atoms with E-state index in [1.54, 1.807) is 4.68 Å². The molecule has 0 spiro atoms. The summed E-state index contributed by atoms with van der Waals surface area (Å²) in [5, 5.41) is 13.1. The second-order valence-electron chi connectivity index (χ2n) is 8.44. The number of aromatic amines is 1. The number of pyridine rings is 1. The normalized spacial score (nSPS) is 17.6. The molecule has 33 heavy (non-hydrogen) atoms. The lowest BCUT2D eigenvalue weighted by Crippen LogP contribution is -2.31. The molecule has 0 fully saturated rings. The summed E-state index contributed by atoms with van der Waals surface area (Å²) >= 11 is 0. The Hall–Kier alpha value is -3.65. The van der Waals surface area contributed by atoms with Crippen LogP contribution >= 0.6 is 0 Å². The second kappa shape index (κ2) is 8.71. The number of H-pyrrole nitrogens is 1. The molecule has 170 valence electrons. The van der Waals surface area contributed by atoms with Crippen molar-refractivity contribution in [1.29, 1.82) is 0 Å². The van der Waals surface area contributed by atoms with Crippen molar-refractivity contribution in [2.24, 2.45) is 7.05 Å². The molecule has 0 saturated carbocycles. The Morgan fingerprint density at radius 1 is 1.18 bits per heavy atom. The van der Waals surface area contributed by atoms with Crippen LogP contribution in [-0.2, 0) is 13.6 Å². The molecule has 0 unspecified atom stereocenters. The minimum Gasteiger partial charge on any atom is -0.478 e. The first-order chi connectivity index (χ1) is 16.0. The lowest BCUT2D eigenvalue weighted by Gasteiger charge is -2.23. The Morgan fingerprint density at radius 3 is 2.91 bits per heavy atom. The molecule has 4 aromatic rings. The minimum atomic E-state index is -0.0304. The average Bonchev–Trinajstić information content (AvgIpc) is 3.36. The molecule has 1 atom stereocenters. The first kappa shape index (κ1) is 21.2. The van der Waals surface area contributed by atoms with Crippen molar-refractivity contribution in [2.45, 2.75) is 26.5 Å². The number of hydrogen-bond donors (Lipinski definition) is 1. The molecule has 1 aliphatic rings. The maximum absolute atomic E-state index is 6.38. The maximum atomic E-state index is 6.38. The van der Waals surface area contributed by atoms with Crippen molar-refractivity contribution in [3.05, 3.63) is 53.5 Å². The van der Waals surface area contributed by atoms with Gasteiger partial charge in [-0.25, -0.2) is 9.67 Å². The Bertz CT molecular complexity index is 1320. The summed E-state index contributed by atoms with van der Waals surface area (Å²) in [4.78, 5) is 6.99. The van der Waals surface area contributed by atoms with Crippen molar-refractivity contribution in [2.75, 3.05) is 20.2 Å². The summed E-state index contributed by atoms with van der Waals surface area (Å²) < 4.78 is 13.8. The molecule has 8 nitrogen and oxygen atoms in total. The van der Waals surface area contributed by atoms with E-state index in [1.807, 2.05) is 44.5 Å².